The predicted molar refractivity (Wildman–Crippen MR) is 257 cm³/mol. The number of nitrogens with zero attached hydrogens (tertiary/aromatic N) is 1. The van der Waals surface area contributed by atoms with Gasteiger partial charge in [-0.15, -0.1) is 0 Å². The largest absolute Gasteiger partial charge is 0.508 e. The number of nitrogens with two attached hydrogens (primary N) is 4. The number of carbonyl (C=O) groups is 11. The summed E-state index contributed by atoms with van der Waals surface area (Å²) in [6.45, 7) is 7.61. The lowest BCUT2D eigenvalue weighted by molar-refractivity contribution is -0.140. The van der Waals surface area contributed by atoms with Gasteiger partial charge in [0.1, 0.15) is 42.0 Å². The van der Waals surface area contributed by atoms with Gasteiger partial charge in [-0.2, -0.15) is 0 Å². The standard InChI is InChI=1S/C43H68N12O12S2/c1-6-14-55(19-35(60)49-28(15-22(3)4)38(62)48-18-34(47)59)43(67)31-21-69-68-20-26(44)37(61)51-29(16-24-8-10-25(56)11-9-24)41(65)54-36(23(5)7-2)42(66)50-27(12-13-32(45)57)39(63)52-30(17-33(46)58)40(64)53-31/h8-11,22-23,26-31,36,56H,6-7,12-21,44H2,1-5H3,(H2,45,57)(H2,46,58)(H2,47,59)(H,48,62)(H,49,60)(H,50,66)(H,51,61)(H,52,63)(H,53,64)(H,54,65)/t23-,26-,27-,28-,29-,30-,31-,36-/m0/s1. The van der Waals surface area contributed by atoms with Gasteiger partial charge in [-0.3, -0.25) is 52.7 Å². The second-order valence-corrected chi connectivity index (χ2v) is 19.6. The zero-order chi connectivity index (χ0) is 52.0. The molecule has 0 aromatic heterocycles. The molecule has 0 spiro atoms. The molecule has 1 heterocycles. The van der Waals surface area contributed by atoms with E-state index in [0.29, 0.717) is 18.4 Å². The number of hydrogen-bond donors (Lipinski definition) is 12. The highest BCUT2D eigenvalue weighted by Crippen LogP contribution is 2.24. The van der Waals surface area contributed by atoms with Crippen LogP contribution in [0.1, 0.15) is 78.7 Å². The van der Waals surface area contributed by atoms with Crippen molar-refractivity contribution in [2.75, 3.05) is 31.1 Å². The summed E-state index contributed by atoms with van der Waals surface area (Å²) in [5.74, 6) is -10.6. The summed E-state index contributed by atoms with van der Waals surface area (Å²) in [5, 5.41) is 27.5. The Morgan fingerprint density at radius 3 is 1.94 bits per heavy atom. The third-order valence-corrected chi connectivity index (χ3v) is 13.1. The molecule has 1 fully saturated rings. The third kappa shape index (κ3) is 21.4. The Balaban J connectivity index is 2.65. The molecular formula is C43H68N12O12S2. The summed E-state index contributed by atoms with van der Waals surface area (Å²) in [5.41, 5.74) is 22.9. The normalized spacial score (nSPS) is 22.0. The van der Waals surface area contributed by atoms with Crippen LogP contribution in [0.2, 0.25) is 0 Å². The smallest absolute Gasteiger partial charge is 0.246 e. The average Bonchev–Trinajstić information content (AvgIpc) is 3.27. The molecular weight excluding hydrogens is 941 g/mol. The molecule has 11 amide bonds. The SMILES string of the molecule is CCCN(CC(=O)N[C@@H](CC(C)C)C(=O)NCC(N)=O)C(=O)[C@@H]1CSSC[C@H](N)C(=O)N[C@@H](Cc2ccc(O)cc2)C(=O)N[C@@H]([C@@H](C)CC)C(=O)N[C@@H](CCC(N)=O)C(=O)N[C@@H](CC(N)=O)C(=O)N1. The topological polar surface area (TPSA) is 400 Å². The molecule has 16 N–H and O–H groups in total. The lowest BCUT2D eigenvalue weighted by atomic mass is 9.96. The van der Waals surface area contributed by atoms with Crippen LogP contribution in [-0.2, 0) is 59.2 Å². The first-order valence-electron chi connectivity index (χ1n) is 22.5. The fourth-order valence-corrected chi connectivity index (χ4v) is 9.02. The second-order valence-electron chi connectivity index (χ2n) is 17.0. The van der Waals surface area contributed by atoms with Crippen molar-refractivity contribution in [2.45, 2.75) is 122 Å². The minimum absolute atomic E-state index is 0.0244. The van der Waals surface area contributed by atoms with Crippen LogP contribution in [0.15, 0.2) is 24.3 Å². The number of phenols is 1. The van der Waals surface area contributed by atoms with E-state index in [-0.39, 0.29) is 42.6 Å². The van der Waals surface area contributed by atoms with E-state index >= 15 is 0 Å². The van der Waals surface area contributed by atoms with E-state index in [9.17, 15) is 57.8 Å². The van der Waals surface area contributed by atoms with Crippen LogP contribution < -0.4 is 60.2 Å². The van der Waals surface area contributed by atoms with Gasteiger partial charge in [0, 0.05) is 30.9 Å². The monoisotopic (exact) mass is 1010 g/mol. The Hall–Kier alpha value is -6.15. The van der Waals surface area contributed by atoms with E-state index in [4.69, 9.17) is 22.9 Å². The number of primary amides is 3. The number of aromatic hydroxyl groups is 1. The Bertz CT molecular complexity index is 2000. The lowest BCUT2D eigenvalue weighted by Crippen LogP contribution is -2.61. The van der Waals surface area contributed by atoms with E-state index in [1.54, 1.807) is 34.6 Å². The second kappa shape index (κ2) is 29.7. The van der Waals surface area contributed by atoms with E-state index < -0.39 is 146 Å². The maximum atomic E-state index is 14.4. The van der Waals surface area contributed by atoms with E-state index in [1.807, 2.05) is 0 Å². The Kier molecular flexibility index (Phi) is 25.4. The minimum Gasteiger partial charge on any atom is -0.508 e. The number of nitrogens with one attached hydrogen (secondary N) is 7. The number of phenolic OH excluding ortho intramolecular Hbond substituents is 1. The van der Waals surface area contributed by atoms with E-state index in [2.05, 4.69) is 37.2 Å². The number of hydrogen-bond acceptors (Lipinski definition) is 15. The highest BCUT2D eigenvalue weighted by atomic mass is 33.1. The van der Waals surface area contributed by atoms with Crippen molar-refractivity contribution in [3.63, 3.8) is 0 Å². The quantitative estimate of drug-likeness (QED) is 0.0568. The summed E-state index contributed by atoms with van der Waals surface area (Å²) in [6.07, 6.45) is -0.925. The van der Waals surface area contributed by atoms with Crippen molar-refractivity contribution in [1.29, 1.82) is 0 Å². The summed E-state index contributed by atoms with van der Waals surface area (Å²) in [6, 6.07) is -4.00. The zero-order valence-electron chi connectivity index (χ0n) is 39.5. The first kappa shape index (κ1) is 59.0. The van der Waals surface area contributed by atoms with Crippen LogP contribution >= 0.6 is 21.6 Å². The third-order valence-electron chi connectivity index (χ3n) is 10.6. The van der Waals surface area contributed by atoms with Gasteiger partial charge in [0.2, 0.25) is 65.0 Å². The lowest BCUT2D eigenvalue weighted by Gasteiger charge is -2.30. The Morgan fingerprint density at radius 1 is 0.768 bits per heavy atom. The first-order valence-corrected chi connectivity index (χ1v) is 24.9. The minimum atomic E-state index is -1.76. The van der Waals surface area contributed by atoms with Gasteiger partial charge >= 0.3 is 0 Å². The van der Waals surface area contributed by atoms with Crippen molar-refractivity contribution < 1.29 is 57.8 Å². The molecule has 1 saturated heterocycles. The van der Waals surface area contributed by atoms with Crippen LogP contribution in [0, 0.1) is 11.8 Å². The van der Waals surface area contributed by atoms with Crippen LogP contribution in [-0.4, -0.2) is 148 Å². The molecule has 1 aromatic carbocycles. The molecule has 1 aliphatic heterocycles. The number of amides is 11. The molecule has 0 aliphatic carbocycles. The molecule has 0 unspecified atom stereocenters. The van der Waals surface area contributed by atoms with Gasteiger partial charge in [0.25, 0.3) is 0 Å². The van der Waals surface area contributed by atoms with Crippen molar-refractivity contribution in [3.05, 3.63) is 29.8 Å². The average molecular weight is 1010 g/mol. The van der Waals surface area contributed by atoms with Crippen LogP contribution in [0.5, 0.6) is 5.75 Å². The zero-order valence-corrected chi connectivity index (χ0v) is 41.1. The van der Waals surface area contributed by atoms with Gasteiger partial charge in [-0.05, 0) is 48.8 Å². The van der Waals surface area contributed by atoms with Gasteiger partial charge in [-0.1, -0.05) is 74.8 Å². The molecule has 24 nitrogen and oxygen atoms in total. The summed E-state index contributed by atoms with van der Waals surface area (Å²) < 4.78 is 0. The van der Waals surface area contributed by atoms with Gasteiger partial charge < -0.3 is 70.2 Å². The number of benzene rings is 1. The molecule has 2 rings (SSSR count). The van der Waals surface area contributed by atoms with Crippen molar-refractivity contribution in [3.8, 4) is 5.75 Å². The molecule has 384 valence electrons. The number of rotatable bonds is 20. The van der Waals surface area contributed by atoms with E-state index in [0.717, 1.165) is 26.5 Å². The fraction of sp³-hybridized carbons (Fsp3) is 0.605. The van der Waals surface area contributed by atoms with Crippen molar-refractivity contribution in [1.82, 2.24) is 42.1 Å². The molecule has 0 saturated carbocycles. The molecule has 69 heavy (non-hydrogen) atoms. The molecule has 1 aliphatic rings. The van der Waals surface area contributed by atoms with Crippen molar-refractivity contribution >= 4 is 86.6 Å². The molecule has 0 radical (unpaired) electrons. The summed E-state index contributed by atoms with van der Waals surface area (Å²) >= 11 is 0. The maximum absolute atomic E-state index is 14.4. The summed E-state index contributed by atoms with van der Waals surface area (Å²) in [4.78, 5) is 147. The van der Waals surface area contributed by atoms with Crippen LogP contribution in [0.25, 0.3) is 0 Å². The van der Waals surface area contributed by atoms with Crippen LogP contribution in [0.4, 0.5) is 0 Å². The molecule has 1 aromatic rings. The van der Waals surface area contributed by atoms with Gasteiger partial charge in [-0.25, -0.2) is 0 Å². The first-order chi connectivity index (χ1) is 32.4. The fourth-order valence-electron chi connectivity index (χ4n) is 6.74. The highest BCUT2D eigenvalue weighted by Gasteiger charge is 2.36. The predicted octanol–water partition coefficient (Wildman–Crippen LogP) is -3.36. The van der Waals surface area contributed by atoms with Gasteiger partial charge in [0.15, 0.2) is 0 Å². The number of carbonyl (C=O) groups excluding carboxylic acids is 11. The van der Waals surface area contributed by atoms with Crippen LogP contribution in [0.3, 0.4) is 0 Å². The maximum Gasteiger partial charge on any atom is 0.246 e. The molecule has 26 heteroatoms. The Morgan fingerprint density at radius 2 is 1.36 bits per heavy atom. The summed E-state index contributed by atoms with van der Waals surface area (Å²) in [7, 11) is 2.02. The molecule has 8 atom stereocenters. The van der Waals surface area contributed by atoms with Gasteiger partial charge in [0.05, 0.1) is 25.6 Å². The Labute approximate surface area is 408 Å². The molecule has 0 bridgehead atoms. The highest BCUT2D eigenvalue weighted by molar-refractivity contribution is 8.76. The van der Waals surface area contributed by atoms with E-state index in [1.165, 1.54) is 24.3 Å². The van der Waals surface area contributed by atoms with Crippen molar-refractivity contribution in [2.24, 2.45) is 34.8 Å².